The average Bonchev–Trinajstić information content (AvgIpc) is 1.53. The van der Waals surface area contributed by atoms with Crippen molar-refractivity contribution >= 4 is 77.3 Å². The summed E-state index contributed by atoms with van der Waals surface area (Å²) in [6.45, 7) is 23.7. The summed E-state index contributed by atoms with van der Waals surface area (Å²) < 4.78 is 31.9. The van der Waals surface area contributed by atoms with Gasteiger partial charge in [0.2, 0.25) is 41.4 Å². The number of hydrogen-bond acceptors (Lipinski definition) is 19. The minimum absolute atomic E-state index is 0. The number of phosphoric ester groups is 1. The molecule has 2 saturated heterocycles. The second-order valence-electron chi connectivity index (χ2n) is 27.0. The first kappa shape index (κ1) is 75.0. The van der Waals surface area contributed by atoms with Crippen LogP contribution in [0.1, 0.15) is 150 Å². The number of aryl methyl sites for hydroxylation is 2. The number of carbonyl (C=O) groups excluding carboxylic acids is 7. The van der Waals surface area contributed by atoms with Gasteiger partial charge in [-0.05, 0) is 119 Å². The van der Waals surface area contributed by atoms with Crippen LogP contribution in [0, 0.1) is 71.0 Å². The van der Waals surface area contributed by atoms with Gasteiger partial charge >= 0.3 is 16.8 Å². The number of phosphoric acid groups is 1. The van der Waals surface area contributed by atoms with Gasteiger partial charge in [0.15, 0.2) is 6.23 Å². The normalized spacial score (nSPS) is 33.1. The summed E-state index contributed by atoms with van der Waals surface area (Å²) in [5.41, 5.74) is 36.7. The van der Waals surface area contributed by atoms with Gasteiger partial charge in [0.1, 0.15) is 18.3 Å². The van der Waals surface area contributed by atoms with E-state index in [0.717, 1.165) is 11.1 Å². The quantitative estimate of drug-likeness (QED) is 0.0481. The van der Waals surface area contributed by atoms with E-state index in [1.54, 1.807) is 6.92 Å². The molecule has 0 radical (unpaired) electrons. The first-order chi connectivity index (χ1) is 42.8. The smallest absolute Gasteiger partial charge is 0.756 e. The number of aliphatic imine (C=N–C) groups is 3. The third-order valence-corrected chi connectivity index (χ3v) is 21.6. The van der Waals surface area contributed by atoms with Gasteiger partial charge in [0, 0.05) is 108 Å². The molecule has 0 spiro atoms. The molecule has 10 unspecified atom stereocenters. The van der Waals surface area contributed by atoms with Crippen molar-refractivity contribution in [1.82, 2.24) is 14.9 Å². The third-order valence-electron chi connectivity index (χ3n) is 20.5. The van der Waals surface area contributed by atoms with Crippen molar-refractivity contribution < 1.29 is 83.8 Å². The second kappa shape index (κ2) is 28.5. The molecule has 93 heavy (non-hydrogen) atoms. The second-order valence-corrected chi connectivity index (χ2v) is 28.3. The van der Waals surface area contributed by atoms with Crippen molar-refractivity contribution in [2.24, 2.45) is 94.7 Å². The number of fused-ring (bicyclic) bond motifs is 7. The molecule has 7 amide bonds. The maximum atomic E-state index is 14.4. The van der Waals surface area contributed by atoms with Crippen LogP contribution in [0.2, 0.25) is 0 Å². The number of aliphatic hydroxyl groups is 2. The molecule has 0 saturated carbocycles. The first-order valence-electron chi connectivity index (χ1n) is 30.7. The maximum Gasteiger partial charge on any atom is 3.00 e. The molecule has 1 aromatic heterocycles. The molecule has 28 nitrogen and oxygen atoms in total. The van der Waals surface area contributed by atoms with Crippen LogP contribution >= 0.6 is 7.82 Å². The number of nitrogens with zero attached hydrogens (tertiary/aromatic N) is 7. The van der Waals surface area contributed by atoms with E-state index in [-0.39, 0.29) is 94.0 Å². The molecule has 8 bridgehead atoms. The van der Waals surface area contributed by atoms with Crippen molar-refractivity contribution in [1.29, 1.82) is 5.26 Å². The minimum Gasteiger partial charge on any atom is -0.756 e. The molecule has 6 aliphatic heterocycles. The Morgan fingerprint density at radius 3 is 1.96 bits per heavy atom. The zero-order valence-corrected chi connectivity index (χ0v) is 56.4. The van der Waals surface area contributed by atoms with Gasteiger partial charge in [-0.15, -0.1) is 0 Å². The average molecular weight is 1360 g/mol. The Labute approximate surface area is 551 Å². The summed E-state index contributed by atoms with van der Waals surface area (Å²) in [6, 6.07) is 2.65. The fourth-order valence-electron chi connectivity index (χ4n) is 15.3. The topological polar surface area (TPSA) is 489 Å². The maximum absolute atomic E-state index is 14.4. The summed E-state index contributed by atoms with van der Waals surface area (Å²) in [5.74, 6) is -7.40. The first-order valence-corrected chi connectivity index (χ1v) is 32.2. The summed E-state index contributed by atoms with van der Waals surface area (Å²) >= 11 is 0. The summed E-state index contributed by atoms with van der Waals surface area (Å²) in [5, 5.41) is 36.4. The Morgan fingerprint density at radius 1 is 0.806 bits per heavy atom. The predicted molar refractivity (Wildman–Crippen MR) is 337 cm³/mol. The van der Waals surface area contributed by atoms with Gasteiger partial charge in [-0.1, -0.05) is 40.7 Å². The molecule has 2 fully saturated rings. The zero-order valence-electron chi connectivity index (χ0n) is 54.4. The van der Waals surface area contributed by atoms with Crippen molar-refractivity contribution in [3.05, 3.63) is 75.8 Å². The number of carbonyl (C=O) groups is 7. The van der Waals surface area contributed by atoms with E-state index in [1.165, 1.54) is 17.8 Å². The number of nitrogens with one attached hydrogen (secondary N) is 1. The number of aromatic nitrogens is 2. The molecular formula is C63H88CoN14O14P. The number of nitrogens with two attached hydrogens (primary N) is 6. The monoisotopic (exact) mass is 1350 g/mol. The van der Waals surface area contributed by atoms with Gasteiger partial charge in [0.25, 0.3) is 7.82 Å². The van der Waals surface area contributed by atoms with Crippen LogP contribution in [-0.4, -0.2) is 127 Å². The number of aliphatic hydroxyl groups excluding tert-OH is 2. The Morgan fingerprint density at radius 2 is 1.39 bits per heavy atom. The van der Waals surface area contributed by atoms with Crippen LogP contribution < -0.4 is 44.6 Å². The number of ether oxygens (including phenoxy) is 1. The summed E-state index contributed by atoms with van der Waals surface area (Å²) in [6.07, 6.45) is -4.79. The number of benzene rings is 1. The summed E-state index contributed by atoms with van der Waals surface area (Å²) in [4.78, 5) is 128. The molecule has 15 atom stereocenters. The molecule has 8 rings (SSSR count). The Balaban J connectivity index is 0.00000453. The summed E-state index contributed by atoms with van der Waals surface area (Å²) in [7, 11) is -5.32. The number of allylic oxidation sites excluding steroid dienone is 6. The van der Waals surface area contributed by atoms with E-state index < -0.39 is 143 Å². The zero-order chi connectivity index (χ0) is 68.7. The van der Waals surface area contributed by atoms with Crippen LogP contribution in [0.5, 0.6) is 0 Å². The van der Waals surface area contributed by atoms with Gasteiger partial charge in [0.05, 0.1) is 41.3 Å². The Bertz CT molecular complexity index is 3600. The van der Waals surface area contributed by atoms with E-state index >= 15 is 0 Å². The SMILES string of the molecule is C/C1=C2N=C(/C=C3N=C(/C(C)=C4\[N-]C([C@H](CC(N)=O)[C@@]4(C)CCC(=O)NCC(C)OP(=O)([O-])O[C@@H]4[C@@H](CO)OC(n5cnc6cc(C)c(C)cc65)[C@@H]4O)C4(C)N=C1C(CCC(N)=O)C4(C)CC(N)=O)C(CCC(N)=O)C\3(C)C)C(CCC(N)=O)C/2(C)CC(N)=O.[C-]#N.[Co+3]. The number of hydrogen-bond donors (Lipinski definition) is 9. The van der Waals surface area contributed by atoms with E-state index in [4.69, 9.17) is 80.3 Å². The fraction of sp³-hybridized carbons (Fsp3) is 0.619. The van der Waals surface area contributed by atoms with Gasteiger partial charge in [-0.3, -0.25) is 53.1 Å². The molecule has 15 N–H and O–H groups in total. The standard InChI is InChI=1S/C62H90N13O14P.CN.Co/c1-29-20-39-40(21-30(29)2)75(28-70-39)57-52(84)53(41(27-76)87-57)89-90(85,86)88-31(3)26-69-49(83)18-19-59(8)37(22-46(66)80)56-62(11)61(10,25-48(68)82)36(14-17-45(65)79)51(74-62)33(5)55-60(9,24-47(67)81)34(12-15-43(63)77)38(71-55)23-42-58(6,7)35(13-16-44(64)78)50(72-42)32(4)54(59)73-56;1-2;/h20-21,23,28,31,34-37,41,52-53,56-57,76,84H,12-19,22,24-27H2,1-11H3,(H15,63,64,65,66,67,68,69,71,72,73,74,77,78,79,80,81,82,83,85,86);;/q;-1;+3/p-2/t31?,34?,35?,36?,37-,41+,52+,53+,56?,57?,59+,60?,61?,62?;;/m0../s1. The fourth-order valence-corrected chi connectivity index (χ4v) is 16.4. The number of rotatable bonds is 26. The van der Waals surface area contributed by atoms with Crippen molar-refractivity contribution in [3.8, 4) is 0 Å². The van der Waals surface area contributed by atoms with Gasteiger partial charge < -0.3 is 90.3 Å². The number of amides is 7. The molecule has 7 heterocycles. The van der Waals surface area contributed by atoms with Crippen molar-refractivity contribution in [3.63, 3.8) is 0 Å². The molecule has 0 aliphatic carbocycles. The van der Waals surface area contributed by atoms with Crippen molar-refractivity contribution in [2.75, 3.05) is 13.2 Å². The molecular weight excluding hydrogens is 1270 g/mol. The molecule has 30 heteroatoms. The molecule has 508 valence electrons. The van der Waals surface area contributed by atoms with Crippen LogP contribution in [0.3, 0.4) is 0 Å². The van der Waals surface area contributed by atoms with Crippen molar-refractivity contribution in [2.45, 2.75) is 189 Å². The van der Waals surface area contributed by atoms with Crippen LogP contribution in [-0.2, 0) is 68.7 Å². The van der Waals surface area contributed by atoms with E-state index in [2.05, 4.69) is 10.3 Å². The van der Waals surface area contributed by atoms with Crippen LogP contribution in [0.15, 0.2) is 67.8 Å². The van der Waals surface area contributed by atoms with Gasteiger partial charge in [-0.25, -0.2) is 4.98 Å². The Hall–Kier alpha value is -7.00. The van der Waals surface area contributed by atoms with E-state index in [0.29, 0.717) is 56.4 Å². The van der Waals surface area contributed by atoms with E-state index in [1.807, 2.05) is 80.5 Å². The predicted octanol–water partition coefficient (Wildman–Crippen LogP) is 3.41. The largest absolute Gasteiger partial charge is 3.00 e. The molecule has 2 aromatic rings. The number of primary amides is 6. The van der Waals surface area contributed by atoms with Crippen LogP contribution in [0.25, 0.3) is 16.4 Å². The van der Waals surface area contributed by atoms with E-state index in [9.17, 15) is 53.2 Å². The van der Waals surface area contributed by atoms with Crippen LogP contribution in [0.4, 0.5) is 0 Å². The molecule has 6 aliphatic rings. The molecule has 1 aromatic carbocycles. The minimum atomic E-state index is -5.32. The number of imidazole rings is 1. The third kappa shape index (κ3) is 14.6. The van der Waals surface area contributed by atoms with Gasteiger partial charge in [-0.2, -0.15) is 5.70 Å². The Kier molecular flexibility index (Phi) is 23.0.